The Labute approximate surface area is 228 Å². The second-order valence-corrected chi connectivity index (χ2v) is 11.0. The van der Waals surface area contributed by atoms with Crippen LogP contribution in [0.3, 0.4) is 0 Å². The van der Waals surface area contributed by atoms with Crippen LogP contribution < -0.4 is 10.5 Å². The maximum atomic E-state index is 13.7. The van der Waals surface area contributed by atoms with Gasteiger partial charge in [0.25, 0.3) is 5.56 Å². The van der Waals surface area contributed by atoms with Crippen molar-refractivity contribution in [3.63, 3.8) is 0 Å². The molecule has 2 aliphatic rings. The molecule has 0 saturated carbocycles. The molecule has 2 aromatic heterocycles. The van der Waals surface area contributed by atoms with E-state index in [9.17, 15) is 4.79 Å². The smallest absolute Gasteiger partial charge is 0.253 e. The fourth-order valence-electron chi connectivity index (χ4n) is 6.11. The maximum Gasteiger partial charge on any atom is 0.253 e. The third kappa shape index (κ3) is 4.85. The van der Waals surface area contributed by atoms with Gasteiger partial charge in [-0.2, -0.15) is 0 Å². The van der Waals surface area contributed by atoms with Gasteiger partial charge in [0, 0.05) is 49.4 Å². The Kier molecular flexibility index (Phi) is 6.95. The lowest BCUT2D eigenvalue weighted by molar-refractivity contribution is 0.0906. The van der Waals surface area contributed by atoms with E-state index in [1.165, 1.54) is 16.8 Å². The first kappa shape index (κ1) is 25.7. The van der Waals surface area contributed by atoms with Gasteiger partial charge in [-0.1, -0.05) is 24.3 Å². The van der Waals surface area contributed by atoms with Crippen LogP contribution in [0.5, 0.6) is 0 Å². The lowest BCUT2D eigenvalue weighted by Crippen LogP contribution is -2.49. The number of anilines is 1. The van der Waals surface area contributed by atoms with Gasteiger partial charge in [0.15, 0.2) is 5.82 Å². The standard InChI is InChI=1S/C30H37N7O2/c1-19-7-5-9-26(22(19)4)35-12-14-36(15-13-35)28(29-32-33-34-37(29)18-23-8-6-16-39-23)25-17-24-20(2)10-11-21(3)27(24)31-30(25)38/h5,7,9-11,17,23,28H,6,8,12-16,18H2,1-4H3,(H,31,38). The largest absolute Gasteiger partial charge is 0.376 e. The van der Waals surface area contributed by atoms with Gasteiger partial charge in [-0.25, -0.2) is 4.68 Å². The molecule has 0 radical (unpaired) electrons. The van der Waals surface area contributed by atoms with E-state index < -0.39 is 0 Å². The Morgan fingerprint density at radius 3 is 2.59 bits per heavy atom. The summed E-state index contributed by atoms with van der Waals surface area (Å²) in [5.74, 6) is 0.695. The summed E-state index contributed by atoms with van der Waals surface area (Å²) in [6.45, 7) is 13.1. The number of aromatic amines is 1. The van der Waals surface area contributed by atoms with Crippen LogP contribution in [0.15, 0.2) is 41.2 Å². The van der Waals surface area contributed by atoms with Crippen LogP contribution in [0, 0.1) is 27.7 Å². The molecule has 6 rings (SSSR count). The minimum Gasteiger partial charge on any atom is -0.376 e. The van der Waals surface area contributed by atoms with Gasteiger partial charge in [0.2, 0.25) is 0 Å². The van der Waals surface area contributed by atoms with Crippen LogP contribution in [0.25, 0.3) is 10.9 Å². The fraction of sp³-hybridized carbons (Fsp3) is 0.467. The Hall–Kier alpha value is -3.56. The second-order valence-electron chi connectivity index (χ2n) is 11.0. The van der Waals surface area contributed by atoms with Crippen molar-refractivity contribution < 1.29 is 4.74 Å². The topological polar surface area (TPSA) is 92.2 Å². The highest BCUT2D eigenvalue weighted by molar-refractivity contribution is 5.85. The first-order chi connectivity index (χ1) is 18.9. The van der Waals surface area contributed by atoms with Gasteiger partial charge in [0.05, 0.1) is 18.2 Å². The number of benzene rings is 2. The van der Waals surface area contributed by atoms with E-state index in [0.29, 0.717) is 17.9 Å². The molecule has 0 bridgehead atoms. The number of pyridine rings is 1. The van der Waals surface area contributed by atoms with Crippen LogP contribution in [-0.4, -0.2) is 69.0 Å². The molecule has 2 saturated heterocycles. The Balaban J connectivity index is 1.39. The van der Waals surface area contributed by atoms with Gasteiger partial charge in [0.1, 0.15) is 6.04 Å². The normalized spacial score (nSPS) is 19.2. The van der Waals surface area contributed by atoms with E-state index >= 15 is 0 Å². The monoisotopic (exact) mass is 527 g/mol. The lowest BCUT2D eigenvalue weighted by atomic mass is 9.99. The van der Waals surface area contributed by atoms with Crippen LogP contribution >= 0.6 is 0 Å². The molecule has 1 N–H and O–H groups in total. The molecular weight excluding hydrogens is 490 g/mol. The molecule has 39 heavy (non-hydrogen) atoms. The van der Waals surface area contributed by atoms with Crippen LogP contribution in [0.1, 0.15) is 52.5 Å². The summed E-state index contributed by atoms with van der Waals surface area (Å²) in [6.07, 6.45) is 2.14. The predicted octanol–water partition coefficient (Wildman–Crippen LogP) is 3.84. The Bertz CT molecular complexity index is 1540. The van der Waals surface area contributed by atoms with Crippen molar-refractivity contribution in [2.24, 2.45) is 0 Å². The molecular formula is C30H37N7O2. The third-order valence-electron chi connectivity index (χ3n) is 8.57. The molecule has 204 valence electrons. The van der Waals surface area contributed by atoms with E-state index in [2.05, 4.69) is 87.5 Å². The number of nitrogens with one attached hydrogen (secondary N) is 1. The third-order valence-corrected chi connectivity index (χ3v) is 8.57. The second kappa shape index (κ2) is 10.5. The summed E-state index contributed by atoms with van der Waals surface area (Å²) in [4.78, 5) is 21.7. The van der Waals surface area contributed by atoms with Gasteiger partial charge < -0.3 is 14.6 Å². The van der Waals surface area contributed by atoms with Gasteiger partial charge in [-0.15, -0.1) is 5.10 Å². The predicted molar refractivity (Wildman–Crippen MR) is 152 cm³/mol. The zero-order chi connectivity index (χ0) is 27.1. The molecule has 2 aromatic carbocycles. The number of aryl methyl sites for hydroxylation is 3. The number of rotatable bonds is 6. The first-order valence-electron chi connectivity index (χ1n) is 14.0. The highest BCUT2D eigenvalue weighted by atomic mass is 16.5. The number of H-pyrrole nitrogens is 1. The molecule has 2 unspecified atom stereocenters. The molecule has 9 nitrogen and oxygen atoms in total. The van der Waals surface area contributed by atoms with E-state index in [4.69, 9.17) is 4.74 Å². The number of tetrazole rings is 1. The van der Waals surface area contributed by atoms with Crippen LogP contribution in [-0.2, 0) is 11.3 Å². The van der Waals surface area contributed by atoms with Gasteiger partial charge >= 0.3 is 0 Å². The highest BCUT2D eigenvalue weighted by Crippen LogP contribution is 2.31. The summed E-state index contributed by atoms with van der Waals surface area (Å²) < 4.78 is 7.75. The van der Waals surface area contributed by atoms with Crippen molar-refractivity contribution in [1.82, 2.24) is 30.1 Å². The average Bonchev–Trinajstić information content (AvgIpc) is 3.62. The highest BCUT2D eigenvalue weighted by Gasteiger charge is 2.34. The number of hydrogen-bond acceptors (Lipinski definition) is 7. The number of fused-ring (bicyclic) bond motifs is 1. The fourth-order valence-corrected chi connectivity index (χ4v) is 6.11. The first-order valence-corrected chi connectivity index (χ1v) is 14.0. The molecule has 0 aliphatic carbocycles. The van der Waals surface area contributed by atoms with Gasteiger partial charge in [-0.3, -0.25) is 9.69 Å². The van der Waals surface area contributed by atoms with E-state index in [1.54, 1.807) is 0 Å². The minimum atomic E-state index is -0.366. The van der Waals surface area contributed by atoms with Crippen molar-refractivity contribution in [1.29, 1.82) is 0 Å². The quantitative estimate of drug-likeness (QED) is 0.407. The number of piperazine rings is 1. The van der Waals surface area contributed by atoms with E-state index in [-0.39, 0.29) is 17.7 Å². The number of nitrogens with zero attached hydrogens (tertiary/aromatic N) is 6. The summed E-state index contributed by atoms with van der Waals surface area (Å²) in [6, 6.07) is 12.4. The summed E-state index contributed by atoms with van der Waals surface area (Å²) in [5, 5.41) is 14.0. The Morgan fingerprint density at radius 1 is 1.03 bits per heavy atom. The van der Waals surface area contributed by atoms with Crippen molar-refractivity contribution in [3.05, 3.63) is 80.4 Å². The van der Waals surface area contributed by atoms with Crippen molar-refractivity contribution in [3.8, 4) is 0 Å². The summed E-state index contributed by atoms with van der Waals surface area (Å²) in [7, 11) is 0. The lowest BCUT2D eigenvalue weighted by Gasteiger charge is -2.40. The molecule has 9 heteroatoms. The summed E-state index contributed by atoms with van der Waals surface area (Å²) in [5.41, 5.74) is 7.57. The maximum absolute atomic E-state index is 13.7. The average molecular weight is 528 g/mol. The van der Waals surface area contributed by atoms with Crippen molar-refractivity contribution in [2.45, 2.75) is 59.2 Å². The molecule has 2 aliphatic heterocycles. The van der Waals surface area contributed by atoms with Gasteiger partial charge in [-0.05, 0) is 85.3 Å². The molecule has 2 fully saturated rings. The van der Waals surface area contributed by atoms with Crippen LogP contribution in [0.4, 0.5) is 5.69 Å². The minimum absolute atomic E-state index is 0.0915. The van der Waals surface area contributed by atoms with E-state index in [1.807, 2.05) is 11.6 Å². The molecule has 4 heterocycles. The van der Waals surface area contributed by atoms with E-state index in [0.717, 1.165) is 67.7 Å². The number of ether oxygens (including phenoxy) is 1. The molecule has 0 amide bonds. The molecule has 4 aromatic rings. The number of hydrogen-bond donors (Lipinski definition) is 1. The number of aromatic nitrogens is 5. The molecule has 2 atom stereocenters. The van der Waals surface area contributed by atoms with Crippen molar-refractivity contribution >= 4 is 16.6 Å². The molecule has 0 spiro atoms. The zero-order valence-electron chi connectivity index (χ0n) is 23.3. The Morgan fingerprint density at radius 2 is 1.82 bits per heavy atom. The SMILES string of the molecule is Cc1cccc(N2CCN(C(c3cc4c(C)ccc(C)c4[nH]c3=O)c3nnnn3CC3CCCO3)CC2)c1C. The van der Waals surface area contributed by atoms with Crippen molar-refractivity contribution in [2.75, 3.05) is 37.7 Å². The summed E-state index contributed by atoms with van der Waals surface area (Å²) >= 11 is 0. The zero-order valence-corrected chi connectivity index (χ0v) is 23.3. The van der Waals surface area contributed by atoms with Crippen LogP contribution in [0.2, 0.25) is 0 Å².